The Bertz CT molecular complexity index is 1400. The van der Waals surface area contributed by atoms with Gasteiger partial charge >= 0.3 is 0 Å². The van der Waals surface area contributed by atoms with Crippen molar-refractivity contribution in [3.8, 4) is 11.5 Å². The van der Waals surface area contributed by atoms with Crippen molar-refractivity contribution >= 4 is 22.5 Å². The van der Waals surface area contributed by atoms with Gasteiger partial charge < -0.3 is 25.6 Å². The molecule has 4 heterocycles. The van der Waals surface area contributed by atoms with E-state index in [1.807, 2.05) is 24.3 Å². The zero-order chi connectivity index (χ0) is 20.7. The summed E-state index contributed by atoms with van der Waals surface area (Å²) in [6, 6.07) is 9.07. The Morgan fingerprint density at radius 2 is 2.13 bits per heavy atom. The number of carbonyl (C=O) groups excluding carboxylic acids is 1. The largest absolute Gasteiger partial charge is 0.504 e. The van der Waals surface area contributed by atoms with E-state index in [0.717, 1.165) is 45.5 Å². The molecule has 5 aliphatic rings. The van der Waals surface area contributed by atoms with Gasteiger partial charge in [0.2, 0.25) is 0 Å². The third-order valence-electron chi connectivity index (χ3n) is 8.36. The van der Waals surface area contributed by atoms with Gasteiger partial charge in [-0.3, -0.25) is 4.79 Å². The van der Waals surface area contributed by atoms with E-state index >= 15 is 0 Å². The minimum Gasteiger partial charge on any atom is -0.504 e. The van der Waals surface area contributed by atoms with Crippen LogP contribution in [0.3, 0.4) is 0 Å². The monoisotopic (exact) mass is 413 g/mol. The fourth-order valence-electron chi connectivity index (χ4n) is 7.16. The molecule has 1 fully saturated rings. The minimum atomic E-state index is -1.11. The Hall–Kier alpha value is -3.16. The van der Waals surface area contributed by atoms with Crippen LogP contribution in [0, 0.1) is 0 Å². The summed E-state index contributed by atoms with van der Waals surface area (Å²) in [5.74, 6) is 0.440. The number of rotatable bonds is 0. The van der Waals surface area contributed by atoms with Gasteiger partial charge in [0.15, 0.2) is 17.6 Å². The maximum absolute atomic E-state index is 12.6. The molecule has 4 N–H and O–H groups in total. The van der Waals surface area contributed by atoms with E-state index in [0.29, 0.717) is 30.6 Å². The summed E-state index contributed by atoms with van der Waals surface area (Å²) in [6.07, 6.45) is 1.21. The first-order valence-electron chi connectivity index (χ1n) is 10.8. The molecular weight excluding hydrogens is 394 g/mol. The molecule has 2 bridgehead atoms. The van der Waals surface area contributed by atoms with Crippen LogP contribution in [-0.2, 0) is 18.3 Å². The van der Waals surface area contributed by atoms with Crippen molar-refractivity contribution in [3.05, 3.63) is 58.3 Å². The molecule has 1 amide bonds. The molecule has 7 nitrogen and oxygen atoms in total. The van der Waals surface area contributed by atoms with E-state index in [4.69, 9.17) is 9.72 Å². The number of piperidine rings is 1. The average molecular weight is 413 g/mol. The molecule has 2 aromatic carbocycles. The number of carbonyl (C=O) groups is 1. The Labute approximate surface area is 177 Å². The lowest BCUT2D eigenvalue weighted by Crippen LogP contribution is -2.74. The van der Waals surface area contributed by atoms with Crippen molar-refractivity contribution in [3.63, 3.8) is 0 Å². The Kier molecular flexibility index (Phi) is 2.58. The van der Waals surface area contributed by atoms with Gasteiger partial charge in [-0.1, -0.05) is 12.1 Å². The minimum absolute atomic E-state index is 0.101. The van der Waals surface area contributed by atoms with E-state index in [9.17, 15) is 15.0 Å². The molecule has 8 rings (SSSR count). The van der Waals surface area contributed by atoms with Crippen molar-refractivity contribution in [2.45, 2.75) is 42.4 Å². The van der Waals surface area contributed by atoms with Gasteiger partial charge in [-0.25, -0.2) is 4.98 Å². The molecule has 4 atom stereocenters. The summed E-state index contributed by atoms with van der Waals surface area (Å²) in [5, 5.41) is 30.4. The maximum Gasteiger partial charge on any atom is 0.256 e. The first-order chi connectivity index (χ1) is 15.0. The molecule has 3 aromatic rings. The molecule has 1 aromatic heterocycles. The van der Waals surface area contributed by atoms with Crippen molar-refractivity contribution < 1.29 is 19.7 Å². The highest BCUT2D eigenvalue weighted by Crippen LogP contribution is 2.68. The number of fused-ring (bicyclic) bond motifs is 3. The first kappa shape index (κ1) is 16.5. The van der Waals surface area contributed by atoms with Crippen molar-refractivity contribution in [1.29, 1.82) is 0 Å². The van der Waals surface area contributed by atoms with E-state index in [-0.39, 0.29) is 17.7 Å². The summed E-state index contributed by atoms with van der Waals surface area (Å²) >= 11 is 0. The molecule has 0 radical (unpaired) electrons. The molecule has 2 aliphatic carbocycles. The summed E-state index contributed by atoms with van der Waals surface area (Å²) in [7, 11) is 0. The van der Waals surface area contributed by atoms with Crippen LogP contribution in [0.15, 0.2) is 30.3 Å². The van der Waals surface area contributed by atoms with Gasteiger partial charge in [-0.15, -0.1) is 0 Å². The number of hydrogen-bond donors (Lipinski definition) is 4. The molecular formula is C24H19N3O4. The molecule has 1 spiro atoms. The lowest BCUT2D eigenvalue weighted by atomic mass is 9.49. The van der Waals surface area contributed by atoms with Crippen LogP contribution >= 0.6 is 0 Å². The number of hydrogen-bond acceptors (Lipinski definition) is 6. The molecule has 3 aliphatic heterocycles. The second kappa shape index (κ2) is 4.84. The fourth-order valence-corrected chi connectivity index (χ4v) is 7.16. The lowest BCUT2D eigenvalue weighted by Gasteiger charge is -2.60. The number of ether oxygens (including phenoxy) is 1. The van der Waals surface area contributed by atoms with Gasteiger partial charge in [0, 0.05) is 29.0 Å². The number of phenols is 1. The second-order valence-electron chi connectivity index (χ2n) is 9.48. The SMILES string of the molecule is O=C1Nc2c3c(nc4cccc1c24)[C@@H]1Oc2c(O)ccc4c2[C@@]12CCN[C@H](C4)[C@]2(O)C3. The summed E-state index contributed by atoms with van der Waals surface area (Å²) < 4.78 is 6.48. The smallest absolute Gasteiger partial charge is 0.256 e. The second-order valence-corrected chi connectivity index (χ2v) is 9.48. The molecule has 0 saturated carbocycles. The fraction of sp³-hybridized carbons (Fsp3) is 0.333. The number of nitrogens with zero attached hydrogens (tertiary/aromatic N) is 1. The van der Waals surface area contributed by atoms with Crippen LogP contribution < -0.4 is 15.4 Å². The molecule has 31 heavy (non-hydrogen) atoms. The molecule has 154 valence electrons. The summed E-state index contributed by atoms with van der Waals surface area (Å²) in [5.41, 5.74) is 3.99. The molecule has 0 unspecified atom stereocenters. The standard InChI is InChI=1S/C24H19N3O4/c28-14-5-4-10-8-15-24(30)9-12-18-16-11(22(29)27-18)2-1-3-13(16)26-19(12)21-23(24,6-7-25-15)17(10)20(14)31-21/h1-5,15,21,25,28,30H,6-9H2,(H,27,29)/t15-,21+,23+,24-/m1/s1. The van der Waals surface area contributed by atoms with Crippen LogP contribution in [-0.4, -0.2) is 39.3 Å². The van der Waals surface area contributed by atoms with E-state index in [1.54, 1.807) is 6.07 Å². The lowest BCUT2D eigenvalue weighted by molar-refractivity contribution is -0.134. The Morgan fingerprint density at radius 1 is 1.23 bits per heavy atom. The van der Waals surface area contributed by atoms with Crippen LogP contribution in [0.2, 0.25) is 0 Å². The highest BCUT2D eigenvalue weighted by atomic mass is 16.5. The average Bonchev–Trinajstić information content (AvgIpc) is 3.27. The van der Waals surface area contributed by atoms with Crippen LogP contribution in [0.4, 0.5) is 5.69 Å². The number of aromatic hydroxyl groups is 1. The maximum atomic E-state index is 12.6. The quantitative estimate of drug-likeness (QED) is 0.450. The predicted molar refractivity (Wildman–Crippen MR) is 112 cm³/mol. The van der Waals surface area contributed by atoms with Gasteiger partial charge in [0.05, 0.1) is 33.5 Å². The number of aliphatic hydroxyl groups is 1. The zero-order valence-electron chi connectivity index (χ0n) is 16.5. The van der Waals surface area contributed by atoms with E-state index in [1.165, 1.54) is 0 Å². The Balaban J connectivity index is 1.51. The van der Waals surface area contributed by atoms with Crippen LogP contribution in [0.1, 0.15) is 45.3 Å². The summed E-state index contributed by atoms with van der Waals surface area (Å²) in [4.78, 5) is 17.6. The van der Waals surface area contributed by atoms with Gasteiger partial charge in [-0.2, -0.15) is 0 Å². The third kappa shape index (κ3) is 1.57. The first-order valence-corrected chi connectivity index (χ1v) is 10.8. The van der Waals surface area contributed by atoms with Gasteiger partial charge in [0.1, 0.15) is 0 Å². The number of benzene rings is 2. The summed E-state index contributed by atoms with van der Waals surface area (Å²) in [6.45, 7) is 0.762. The van der Waals surface area contributed by atoms with Crippen LogP contribution in [0.5, 0.6) is 11.5 Å². The number of pyridine rings is 1. The van der Waals surface area contributed by atoms with Gasteiger partial charge in [0.25, 0.3) is 5.91 Å². The number of anilines is 1. The predicted octanol–water partition coefficient (Wildman–Crippen LogP) is 2.08. The zero-order valence-corrected chi connectivity index (χ0v) is 16.5. The third-order valence-corrected chi connectivity index (χ3v) is 8.36. The molecule has 1 saturated heterocycles. The van der Waals surface area contributed by atoms with Crippen molar-refractivity contribution in [2.24, 2.45) is 0 Å². The van der Waals surface area contributed by atoms with E-state index in [2.05, 4.69) is 10.6 Å². The molecule has 7 heteroatoms. The van der Waals surface area contributed by atoms with Crippen LogP contribution in [0.25, 0.3) is 10.9 Å². The number of nitrogens with one attached hydrogen (secondary N) is 2. The van der Waals surface area contributed by atoms with Gasteiger partial charge in [-0.05, 0) is 43.1 Å². The Morgan fingerprint density at radius 3 is 3.03 bits per heavy atom. The topological polar surface area (TPSA) is 104 Å². The van der Waals surface area contributed by atoms with Crippen molar-refractivity contribution in [2.75, 3.05) is 11.9 Å². The van der Waals surface area contributed by atoms with E-state index < -0.39 is 17.1 Å². The number of amides is 1. The highest BCUT2D eigenvalue weighted by molar-refractivity contribution is 6.24. The highest BCUT2D eigenvalue weighted by Gasteiger charge is 2.71. The number of aromatic nitrogens is 1. The number of phenolic OH excluding ortho intramolecular Hbond substituents is 1. The normalized spacial score (nSPS) is 33.0. The van der Waals surface area contributed by atoms with Crippen molar-refractivity contribution in [1.82, 2.24) is 10.3 Å².